The molecule has 1 atom stereocenters. The van der Waals surface area contributed by atoms with E-state index in [9.17, 15) is 9.50 Å². The Balaban J connectivity index is 2.13. The fourth-order valence-corrected chi connectivity index (χ4v) is 1.90. The predicted molar refractivity (Wildman–Crippen MR) is 71.7 cm³/mol. The second kappa shape index (κ2) is 5.59. The molecule has 1 aromatic carbocycles. The SMILES string of the molecule is Cc1ccc(CC(O)c2ccc(Br)c(F)c2)nc1. The first-order chi connectivity index (χ1) is 8.56. The summed E-state index contributed by atoms with van der Waals surface area (Å²) in [7, 11) is 0. The first-order valence-corrected chi connectivity index (χ1v) is 6.40. The third-order valence-electron chi connectivity index (χ3n) is 2.70. The molecular formula is C14H13BrFNO. The van der Waals surface area contributed by atoms with Crippen molar-refractivity contribution >= 4 is 15.9 Å². The average molecular weight is 310 g/mol. The molecule has 4 heteroatoms. The molecule has 0 amide bonds. The minimum absolute atomic E-state index is 0.372. The van der Waals surface area contributed by atoms with E-state index in [0.29, 0.717) is 16.5 Å². The summed E-state index contributed by atoms with van der Waals surface area (Å²) in [6.07, 6.45) is 1.38. The number of nitrogens with zero attached hydrogens (tertiary/aromatic N) is 1. The first kappa shape index (κ1) is 13.2. The Morgan fingerprint density at radius 3 is 2.72 bits per heavy atom. The fraction of sp³-hybridized carbons (Fsp3) is 0.214. The van der Waals surface area contributed by atoms with Crippen LogP contribution in [0.25, 0.3) is 0 Å². The normalized spacial score (nSPS) is 12.4. The zero-order chi connectivity index (χ0) is 13.1. The standard InChI is InChI=1S/C14H13BrFNO/c1-9-2-4-11(17-8-9)7-14(18)10-3-5-12(15)13(16)6-10/h2-6,8,14,18H,7H2,1H3. The highest BCUT2D eigenvalue weighted by atomic mass is 79.9. The summed E-state index contributed by atoms with van der Waals surface area (Å²) in [6.45, 7) is 1.96. The second-order valence-corrected chi connectivity index (χ2v) is 5.07. The molecule has 94 valence electrons. The van der Waals surface area contributed by atoms with Gasteiger partial charge in [-0.3, -0.25) is 4.98 Å². The average Bonchev–Trinajstić information content (AvgIpc) is 2.35. The molecule has 0 radical (unpaired) electrons. The quantitative estimate of drug-likeness (QED) is 0.940. The Morgan fingerprint density at radius 1 is 1.33 bits per heavy atom. The van der Waals surface area contributed by atoms with Crippen LogP contribution in [0.5, 0.6) is 0 Å². The van der Waals surface area contributed by atoms with Gasteiger partial charge in [0, 0.05) is 18.3 Å². The Morgan fingerprint density at radius 2 is 2.11 bits per heavy atom. The van der Waals surface area contributed by atoms with Crippen LogP contribution in [0.1, 0.15) is 22.9 Å². The number of aromatic nitrogens is 1. The van der Waals surface area contributed by atoms with E-state index in [-0.39, 0.29) is 5.82 Å². The van der Waals surface area contributed by atoms with Crippen molar-refractivity contribution in [3.05, 3.63) is 63.6 Å². The third kappa shape index (κ3) is 3.15. The van der Waals surface area contributed by atoms with Gasteiger partial charge in [0.1, 0.15) is 5.82 Å². The second-order valence-electron chi connectivity index (χ2n) is 4.22. The molecule has 0 aliphatic carbocycles. The molecule has 0 saturated heterocycles. The maximum absolute atomic E-state index is 13.4. The predicted octanol–water partition coefficient (Wildman–Crippen LogP) is 3.57. The molecule has 0 bridgehead atoms. The lowest BCUT2D eigenvalue weighted by atomic mass is 10.0. The molecule has 1 heterocycles. The molecule has 2 nitrogen and oxygen atoms in total. The van der Waals surface area contributed by atoms with Gasteiger partial charge >= 0.3 is 0 Å². The zero-order valence-corrected chi connectivity index (χ0v) is 11.5. The Labute approximate surface area is 114 Å². The molecule has 2 aromatic rings. The molecule has 0 aliphatic rings. The van der Waals surface area contributed by atoms with Crippen molar-refractivity contribution < 1.29 is 9.50 Å². The van der Waals surface area contributed by atoms with Crippen molar-refractivity contribution in [2.24, 2.45) is 0 Å². The number of rotatable bonds is 3. The highest BCUT2D eigenvalue weighted by molar-refractivity contribution is 9.10. The van der Waals surface area contributed by atoms with Gasteiger partial charge in [0.2, 0.25) is 0 Å². The third-order valence-corrected chi connectivity index (χ3v) is 3.35. The summed E-state index contributed by atoms with van der Waals surface area (Å²) in [4.78, 5) is 4.22. The van der Waals surface area contributed by atoms with Gasteiger partial charge in [0.15, 0.2) is 0 Å². The Hall–Kier alpha value is -1.26. The van der Waals surface area contributed by atoms with Crippen LogP contribution >= 0.6 is 15.9 Å². The van der Waals surface area contributed by atoms with Crippen molar-refractivity contribution in [1.82, 2.24) is 4.98 Å². The summed E-state index contributed by atoms with van der Waals surface area (Å²) in [6, 6.07) is 8.44. The van der Waals surface area contributed by atoms with Crippen LogP contribution in [0.2, 0.25) is 0 Å². The van der Waals surface area contributed by atoms with Crippen LogP contribution in [0.3, 0.4) is 0 Å². The molecule has 0 spiro atoms. The molecule has 0 saturated carbocycles. The van der Waals surface area contributed by atoms with E-state index >= 15 is 0 Å². The Kier molecular flexibility index (Phi) is 4.09. The van der Waals surface area contributed by atoms with Gasteiger partial charge in [-0.05, 0) is 52.2 Å². The monoisotopic (exact) mass is 309 g/mol. The summed E-state index contributed by atoms with van der Waals surface area (Å²) in [5, 5.41) is 10.0. The smallest absolute Gasteiger partial charge is 0.137 e. The van der Waals surface area contributed by atoms with E-state index in [1.165, 1.54) is 6.07 Å². The zero-order valence-electron chi connectivity index (χ0n) is 9.90. The molecule has 0 fully saturated rings. The van der Waals surface area contributed by atoms with Crippen LogP contribution in [0, 0.1) is 12.7 Å². The number of hydrogen-bond acceptors (Lipinski definition) is 2. The minimum Gasteiger partial charge on any atom is -0.388 e. The molecule has 0 aliphatic heterocycles. The molecule has 2 rings (SSSR count). The van der Waals surface area contributed by atoms with Crippen LogP contribution in [0.15, 0.2) is 41.0 Å². The first-order valence-electron chi connectivity index (χ1n) is 5.61. The van der Waals surface area contributed by atoms with Gasteiger partial charge in [0.05, 0.1) is 10.6 Å². The lowest BCUT2D eigenvalue weighted by Crippen LogP contribution is -2.04. The van der Waals surface area contributed by atoms with Crippen molar-refractivity contribution in [3.63, 3.8) is 0 Å². The van der Waals surface area contributed by atoms with Crippen LogP contribution < -0.4 is 0 Å². The van der Waals surface area contributed by atoms with Gasteiger partial charge in [-0.15, -0.1) is 0 Å². The van der Waals surface area contributed by atoms with Crippen LogP contribution in [-0.4, -0.2) is 10.1 Å². The number of hydrogen-bond donors (Lipinski definition) is 1. The highest BCUT2D eigenvalue weighted by Crippen LogP contribution is 2.22. The highest BCUT2D eigenvalue weighted by Gasteiger charge is 2.11. The van der Waals surface area contributed by atoms with Crippen molar-refractivity contribution in [2.75, 3.05) is 0 Å². The molecule has 1 unspecified atom stereocenters. The lowest BCUT2D eigenvalue weighted by molar-refractivity contribution is 0.176. The molecule has 1 aromatic heterocycles. The number of aliphatic hydroxyl groups is 1. The minimum atomic E-state index is -0.747. The van der Waals surface area contributed by atoms with E-state index in [4.69, 9.17) is 0 Å². The van der Waals surface area contributed by atoms with E-state index in [2.05, 4.69) is 20.9 Å². The molecule has 1 N–H and O–H groups in total. The molecular weight excluding hydrogens is 297 g/mol. The van der Waals surface area contributed by atoms with E-state index in [0.717, 1.165) is 11.3 Å². The van der Waals surface area contributed by atoms with E-state index in [1.807, 2.05) is 19.1 Å². The summed E-state index contributed by atoms with van der Waals surface area (Å²) >= 11 is 3.08. The van der Waals surface area contributed by atoms with Gasteiger partial charge in [-0.2, -0.15) is 0 Å². The van der Waals surface area contributed by atoms with E-state index in [1.54, 1.807) is 18.3 Å². The van der Waals surface area contributed by atoms with Crippen molar-refractivity contribution in [3.8, 4) is 0 Å². The van der Waals surface area contributed by atoms with Gasteiger partial charge < -0.3 is 5.11 Å². The maximum Gasteiger partial charge on any atom is 0.137 e. The van der Waals surface area contributed by atoms with Gasteiger partial charge in [-0.25, -0.2) is 4.39 Å². The van der Waals surface area contributed by atoms with Gasteiger partial charge in [-0.1, -0.05) is 12.1 Å². The van der Waals surface area contributed by atoms with Crippen molar-refractivity contribution in [2.45, 2.75) is 19.4 Å². The number of benzene rings is 1. The Bertz CT molecular complexity index is 542. The fourth-order valence-electron chi connectivity index (χ4n) is 1.65. The summed E-state index contributed by atoms with van der Waals surface area (Å²) in [5.74, 6) is -0.372. The lowest BCUT2D eigenvalue weighted by Gasteiger charge is -2.11. The number of aryl methyl sites for hydroxylation is 1. The maximum atomic E-state index is 13.4. The van der Waals surface area contributed by atoms with Gasteiger partial charge in [0.25, 0.3) is 0 Å². The summed E-state index contributed by atoms with van der Waals surface area (Å²) in [5.41, 5.74) is 2.41. The number of pyridine rings is 1. The largest absolute Gasteiger partial charge is 0.388 e. The van der Waals surface area contributed by atoms with Crippen molar-refractivity contribution in [1.29, 1.82) is 0 Å². The molecule has 18 heavy (non-hydrogen) atoms. The van der Waals surface area contributed by atoms with E-state index < -0.39 is 6.10 Å². The number of halogens is 2. The topological polar surface area (TPSA) is 33.1 Å². The number of aliphatic hydroxyl groups excluding tert-OH is 1. The van der Waals surface area contributed by atoms with Crippen LogP contribution in [-0.2, 0) is 6.42 Å². The van der Waals surface area contributed by atoms with Crippen LogP contribution in [0.4, 0.5) is 4.39 Å². The summed E-state index contributed by atoms with van der Waals surface area (Å²) < 4.78 is 13.8.